The lowest BCUT2D eigenvalue weighted by atomic mass is 10.0. The van der Waals surface area contributed by atoms with E-state index in [1.807, 2.05) is 20.8 Å². The van der Waals surface area contributed by atoms with E-state index in [2.05, 4.69) is 34.5 Å². The van der Waals surface area contributed by atoms with Gasteiger partial charge in [0.2, 0.25) is 5.91 Å². The maximum atomic E-state index is 12.1. The number of aryl methyl sites for hydroxylation is 2. The van der Waals surface area contributed by atoms with Crippen LogP contribution in [0.3, 0.4) is 0 Å². The minimum absolute atomic E-state index is 0.0544. The van der Waals surface area contributed by atoms with E-state index < -0.39 is 0 Å². The van der Waals surface area contributed by atoms with Crippen LogP contribution < -0.4 is 10.2 Å². The van der Waals surface area contributed by atoms with Crippen LogP contribution in [0.5, 0.6) is 0 Å². The van der Waals surface area contributed by atoms with Crippen LogP contribution in [0.15, 0.2) is 18.2 Å². The summed E-state index contributed by atoms with van der Waals surface area (Å²) in [7, 11) is 0. The zero-order chi connectivity index (χ0) is 14.0. The van der Waals surface area contributed by atoms with Crippen LogP contribution in [0.4, 0.5) is 5.69 Å². The van der Waals surface area contributed by atoms with Gasteiger partial charge in [0, 0.05) is 18.3 Å². The van der Waals surface area contributed by atoms with E-state index in [0.29, 0.717) is 0 Å². The van der Waals surface area contributed by atoms with Crippen molar-refractivity contribution in [1.29, 1.82) is 5.26 Å². The SMILES string of the molecule is Cc1ccc(C)c(N2CC(C)NC(=O)C2CC#N)c1. The number of carbonyl (C=O) groups excluding carboxylic acids is 1. The van der Waals surface area contributed by atoms with Gasteiger partial charge in [-0.05, 0) is 38.0 Å². The van der Waals surface area contributed by atoms with Gasteiger partial charge >= 0.3 is 0 Å². The summed E-state index contributed by atoms with van der Waals surface area (Å²) in [5.74, 6) is -0.0544. The van der Waals surface area contributed by atoms with Crippen LogP contribution in [-0.2, 0) is 4.79 Å². The second-order valence-electron chi connectivity index (χ2n) is 5.23. The summed E-state index contributed by atoms with van der Waals surface area (Å²) in [5.41, 5.74) is 3.35. The molecule has 2 unspecified atom stereocenters. The number of carbonyl (C=O) groups is 1. The summed E-state index contributed by atoms with van der Waals surface area (Å²) < 4.78 is 0. The largest absolute Gasteiger partial charge is 0.356 e. The predicted octanol–water partition coefficient (Wildman–Crippen LogP) is 1.91. The molecule has 4 heteroatoms. The maximum absolute atomic E-state index is 12.1. The average Bonchev–Trinajstić information content (AvgIpc) is 2.35. The van der Waals surface area contributed by atoms with Crippen LogP contribution in [0.2, 0.25) is 0 Å². The minimum Gasteiger partial charge on any atom is -0.356 e. The third-order valence-corrected chi connectivity index (χ3v) is 3.50. The number of anilines is 1. The molecular weight excluding hydrogens is 238 g/mol. The predicted molar refractivity (Wildman–Crippen MR) is 74.9 cm³/mol. The Kier molecular flexibility index (Phi) is 3.75. The first-order valence-electron chi connectivity index (χ1n) is 6.54. The lowest BCUT2D eigenvalue weighted by Gasteiger charge is -2.39. The highest BCUT2D eigenvalue weighted by molar-refractivity contribution is 5.87. The highest BCUT2D eigenvalue weighted by atomic mass is 16.2. The molecule has 1 aromatic rings. The lowest BCUT2D eigenvalue weighted by molar-refractivity contribution is -0.124. The van der Waals surface area contributed by atoms with Crippen molar-refractivity contribution in [2.45, 2.75) is 39.3 Å². The monoisotopic (exact) mass is 257 g/mol. The number of nitriles is 1. The first-order valence-corrected chi connectivity index (χ1v) is 6.54. The second-order valence-corrected chi connectivity index (χ2v) is 5.23. The van der Waals surface area contributed by atoms with Gasteiger partial charge in [-0.1, -0.05) is 12.1 Å². The smallest absolute Gasteiger partial charge is 0.244 e. The standard InChI is InChI=1S/C15H19N3O/c1-10-4-5-11(2)14(8-10)18-9-12(3)17-15(19)13(18)6-7-16/h4-5,8,12-13H,6,9H2,1-3H3,(H,17,19). The third kappa shape index (κ3) is 2.70. The number of amides is 1. The molecular formula is C15H19N3O. The Morgan fingerprint density at radius 3 is 2.89 bits per heavy atom. The molecule has 1 aliphatic heterocycles. The second kappa shape index (κ2) is 5.31. The molecule has 0 aliphatic carbocycles. The number of hydrogen-bond acceptors (Lipinski definition) is 3. The molecule has 2 atom stereocenters. The van der Waals surface area contributed by atoms with Gasteiger partial charge < -0.3 is 10.2 Å². The lowest BCUT2D eigenvalue weighted by Crippen LogP contribution is -2.59. The Balaban J connectivity index is 2.40. The fourth-order valence-electron chi connectivity index (χ4n) is 2.53. The van der Waals surface area contributed by atoms with Gasteiger partial charge in [-0.15, -0.1) is 0 Å². The minimum atomic E-state index is -0.387. The third-order valence-electron chi connectivity index (χ3n) is 3.50. The molecule has 0 bridgehead atoms. The number of nitrogens with zero attached hydrogens (tertiary/aromatic N) is 2. The van der Waals surface area contributed by atoms with Gasteiger partial charge in [0.05, 0.1) is 12.5 Å². The normalized spacial score (nSPS) is 22.8. The molecule has 0 radical (unpaired) electrons. The van der Waals surface area contributed by atoms with Gasteiger partial charge in [0.25, 0.3) is 0 Å². The Morgan fingerprint density at radius 1 is 1.47 bits per heavy atom. The molecule has 1 saturated heterocycles. The fraction of sp³-hybridized carbons (Fsp3) is 0.467. The Morgan fingerprint density at radius 2 is 2.21 bits per heavy atom. The summed E-state index contributed by atoms with van der Waals surface area (Å²) in [6, 6.07) is 8.04. The topological polar surface area (TPSA) is 56.1 Å². The van der Waals surface area contributed by atoms with E-state index >= 15 is 0 Å². The molecule has 1 amide bonds. The number of piperazine rings is 1. The van der Waals surface area contributed by atoms with Gasteiger partial charge in [-0.25, -0.2) is 0 Å². The Bertz CT molecular complexity index is 533. The highest BCUT2D eigenvalue weighted by Gasteiger charge is 2.33. The molecule has 0 saturated carbocycles. The van der Waals surface area contributed by atoms with Crippen molar-refractivity contribution in [3.05, 3.63) is 29.3 Å². The molecule has 1 N–H and O–H groups in total. The van der Waals surface area contributed by atoms with E-state index in [-0.39, 0.29) is 24.4 Å². The number of hydrogen-bond donors (Lipinski definition) is 1. The Labute approximate surface area is 114 Å². The van der Waals surface area contributed by atoms with Crippen molar-refractivity contribution < 1.29 is 4.79 Å². The molecule has 1 aromatic carbocycles. The summed E-state index contributed by atoms with van der Waals surface area (Å²) >= 11 is 0. The fourth-order valence-corrected chi connectivity index (χ4v) is 2.53. The molecule has 1 heterocycles. The first kappa shape index (κ1) is 13.4. The van der Waals surface area contributed by atoms with Crippen LogP contribution >= 0.6 is 0 Å². The molecule has 2 rings (SSSR count). The van der Waals surface area contributed by atoms with E-state index in [1.54, 1.807) is 0 Å². The molecule has 0 aromatic heterocycles. The van der Waals surface area contributed by atoms with Crippen LogP contribution in [0, 0.1) is 25.2 Å². The van der Waals surface area contributed by atoms with Gasteiger partial charge in [0.15, 0.2) is 0 Å². The molecule has 100 valence electrons. The van der Waals surface area contributed by atoms with E-state index in [0.717, 1.165) is 23.4 Å². The molecule has 1 aliphatic rings. The summed E-state index contributed by atoms with van der Waals surface area (Å²) in [6.45, 7) is 6.80. The van der Waals surface area contributed by atoms with E-state index in [4.69, 9.17) is 5.26 Å². The number of benzene rings is 1. The van der Waals surface area contributed by atoms with Gasteiger partial charge in [0.1, 0.15) is 6.04 Å². The average molecular weight is 257 g/mol. The van der Waals surface area contributed by atoms with E-state index in [9.17, 15) is 4.79 Å². The first-order chi connectivity index (χ1) is 9.02. The number of rotatable bonds is 2. The van der Waals surface area contributed by atoms with Crippen LogP contribution in [0.25, 0.3) is 0 Å². The quantitative estimate of drug-likeness (QED) is 0.880. The van der Waals surface area contributed by atoms with Crippen molar-refractivity contribution in [2.75, 3.05) is 11.4 Å². The van der Waals surface area contributed by atoms with Crippen LogP contribution in [-0.4, -0.2) is 24.5 Å². The molecule has 19 heavy (non-hydrogen) atoms. The van der Waals surface area contributed by atoms with Crippen molar-refractivity contribution in [1.82, 2.24) is 5.32 Å². The Hall–Kier alpha value is -2.02. The molecule has 4 nitrogen and oxygen atoms in total. The van der Waals surface area contributed by atoms with E-state index in [1.165, 1.54) is 0 Å². The summed E-state index contributed by atoms with van der Waals surface area (Å²) in [4.78, 5) is 14.1. The molecule has 1 fully saturated rings. The zero-order valence-corrected chi connectivity index (χ0v) is 11.6. The maximum Gasteiger partial charge on any atom is 0.244 e. The van der Waals surface area contributed by atoms with Gasteiger partial charge in [-0.2, -0.15) is 5.26 Å². The van der Waals surface area contributed by atoms with Crippen molar-refractivity contribution in [2.24, 2.45) is 0 Å². The molecule has 0 spiro atoms. The number of nitrogens with one attached hydrogen (secondary N) is 1. The summed E-state index contributed by atoms with van der Waals surface area (Å²) in [5, 5.41) is 11.9. The van der Waals surface area contributed by atoms with Gasteiger partial charge in [-0.3, -0.25) is 4.79 Å². The summed E-state index contributed by atoms with van der Waals surface area (Å²) in [6.07, 6.45) is 0.214. The van der Waals surface area contributed by atoms with Crippen molar-refractivity contribution >= 4 is 11.6 Å². The zero-order valence-electron chi connectivity index (χ0n) is 11.6. The van der Waals surface area contributed by atoms with Crippen molar-refractivity contribution in [3.63, 3.8) is 0 Å². The van der Waals surface area contributed by atoms with Crippen LogP contribution in [0.1, 0.15) is 24.5 Å². The van der Waals surface area contributed by atoms with Crippen molar-refractivity contribution in [3.8, 4) is 6.07 Å². The highest BCUT2D eigenvalue weighted by Crippen LogP contribution is 2.26.